The van der Waals surface area contributed by atoms with Crippen molar-refractivity contribution < 1.29 is 9.53 Å². The molecule has 1 fully saturated rings. The van der Waals surface area contributed by atoms with Gasteiger partial charge in [0.05, 0.1) is 13.5 Å². The second-order valence-electron chi connectivity index (χ2n) is 5.32. The van der Waals surface area contributed by atoms with Gasteiger partial charge in [0.2, 0.25) is 0 Å². The van der Waals surface area contributed by atoms with Gasteiger partial charge in [-0.2, -0.15) is 0 Å². The van der Waals surface area contributed by atoms with Crippen LogP contribution in [-0.4, -0.2) is 19.1 Å². The lowest BCUT2D eigenvalue weighted by molar-refractivity contribution is -0.147. The molecule has 3 nitrogen and oxygen atoms in total. The summed E-state index contributed by atoms with van der Waals surface area (Å²) in [6, 6.07) is 0.0756. The summed E-state index contributed by atoms with van der Waals surface area (Å²) in [6.07, 6.45) is 2.61. The molecule has 1 unspecified atom stereocenters. The summed E-state index contributed by atoms with van der Waals surface area (Å²) in [6.45, 7) is 6.46. The maximum Gasteiger partial charge on any atom is 0.306 e. The van der Waals surface area contributed by atoms with Gasteiger partial charge < -0.3 is 10.5 Å². The van der Waals surface area contributed by atoms with Gasteiger partial charge in [-0.15, -0.1) is 0 Å². The third-order valence-electron chi connectivity index (χ3n) is 3.97. The van der Waals surface area contributed by atoms with E-state index in [2.05, 4.69) is 13.8 Å². The lowest BCUT2D eigenvalue weighted by Crippen LogP contribution is -2.51. The Balaban J connectivity index is 2.57. The smallest absolute Gasteiger partial charge is 0.306 e. The molecule has 1 aliphatic rings. The first kappa shape index (κ1) is 12.5. The molecule has 0 heterocycles. The highest BCUT2D eigenvalue weighted by molar-refractivity contribution is 5.70. The standard InChI is InChI=1S/C12H23NO2/c1-8(2)10-5-12(6-10,9(3)13)7-11(14)15-4/h8-10H,5-7,13H2,1-4H3. The first-order chi connectivity index (χ1) is 6.91. The predicted molar refractivity (Wildman–Crippen MR) is 60.3 cm³/mol. The molecule has 0 radical (unpaired) electrons. The number of hydrogen-bond donors (Lipinski definition) is 1. The Morgan fingerprint density at radius 1 is 1.47 bits per heavy atom. The third-order valence-corrected chi connectivity index (χ3v) is 3.97. The first-order valence-corrected chi connectivity index (χ1v) is 5.73. The molecule has 1 atom stereocenters. The summed E-state index contributed by atoms with van der Waals surface area (Å²) < 4.78 is 4.73. The predicted octanol–water partition coefficient (Wildman–Crippen LogP) is 1.95. The summed E-state index contributed by atoms with van der Waals surface area (Å²) in [7, 11) is 1.44. The summed E-state index contributed by atoms with van der Waals surface area (Å²) >= 11 is 0. The molecule has 0 spiro atoms. The molecule has 1 aliphatic carbocycles. The first-order valence-electron chi connectivity index (χ1n) is 5.73. The summed E-state index contributed by atoms with van der Waals surface area (Å²) in [5, 5.41) is 0. The maximum absolute atomic E-state index is 11.3. The Hall–Kier alpha value is -0.570. The highest BCUT2D eigenvalue weighted by atomic mass is 16.5. The zero-order valence-electron chi connectivity index (χ0n) is 10.2. The van der Waals surface area contributed by atoms with Gasteiger partial charge in [0, 0.05) is 6.04 Å². The average molecular weight is 213 g/mol. The number of hydrogen-bond acceptors (Lipinski definition) is 3. The molecule has 3 heteroatoms. The molecule has 15 heavy (non-hydrogen) atoms. The van der Waals surface area contributed by atoms with Gasteiger partial charge in [0.15, 0.2) is 0 Å². The van der Waals surface area contributed by atoms with Crippen LogP contribution in [0.3, 0.4) is 0 Å². The Morgan fingerprint density at radius 3 is 2.33 bits per heavy atom. The van der Waals surface area contributed by atoms with E-state index in [-0.39, 0.29) is 17.4 Å². The Bertz CT molecular complexity index is 230. The summed E-state index contributed by atoms with van der Waals surface area (Å²) in [4.78, 5) is 11.3. The molecule has 0 saturated heterocycles. The van der Waals surface area contributed by atoms with Gasteiger partial charge in [0.25, 0.3) is 0 Å². The van der Waals surface area contributed by atoms with Crippen molar-refractivity contribution >= 4 is 5.97 Å². The van der Waals surface area contributed by atoms with E-state index in [0.717, 1.165) is 18.8 Å². The van der Waals surface area contributed by atoms with Crippen molar-refractivity contribution in [3.05, 3.63) is 0 Å². The monoisotopic (exact) mass is 213 g/mol. The van der Waals surface area contributed by atoms with E-state index in [1.165, 1.54) is 7.11 Å². The van der Waals surface area contributed by atoms with Gasteiger partial charge in [-0.3, -0.25) is 4.79 Å². The van der Waals surface area contributed by atoms with Crippen molar-refractivity contribution in [2.45, 2.75) is 46.1 Å². The van der Waals surface area contributed by atoms with Crippen LogP contribution in [0.25, 0.3) is 0 Å². The summed E-state index contributed by atoms with van der Waals surface area (Å²) in [5.74, 6) is 1.28. The van der Waals surface area contributed by atoms with E-state index in [1.807, 2.05) is 6.92 Å². The number of carbonyl (C=O) groups is 1. The Labute approximate surface area is 92.4 Å². The molecule has 88 valence electrons. The number of esters is 1. The number of nitrogens with two attached hydrogens (primary N) is 1. The zero-order valence-corrected chi connectivity index (χ0v) is 10.2. The molecule has 0 aromatic carbocycles. The number of methoxy groups -OCH3 is 1. The quantitative estimate of drug-likeness (QED) is 0.726. The Morgan fingerprint density at radius 2 is 2.00 bits per heavy atom. The van der Waals surface area contributed by atoms with Crippen molar-refractivity contribution in [1.29, 1.82) is 0 Å². The molecular formula is C12H23NO2. The van der Waals surface area contributed by atoms with Gasteiger partial charge in [-0.05, 0) is 37.0 Å². The fraction of sp³-hybridized carbons (Fsp3) is 0.917. The van der Waals surface area contributed by atoms with Crippen LogP contribution in [0.2, 0.25) is 0 Å². The molecule has 0 aliphatic heterocycles. The SMILES string of the molecule is COC(=O)CC1(C(C)N)CC(C(C)C)C1. The van der Waals surface area contributed by atoms with Crippen LogP contribution in [0.1, 0.15) is 40.0 Å². The zero-order chi connectivity index (χ0) is 11.6. The van der Waals surface area contributed by atoms with Crippen LogP contribution in [0.4, 0.5) is 0 Å². The number of carbonyl (C=O) groups excluding carboxylic acids is 1. The second-order valence-corrected chi connectivity index (χ2v) is 5.32. The van der Waals surface area contributed by atoms with E-state index >= 15 is 0 Å². The van der Waals surface area contributed by atoms with Gasteiger partial charge >= 0.3 is 5.97 Å². The van der Waals surface area contributed by atoms with Crippen LogP contribution in [0, 0.1) is 17.3 Å². The molecule has 0 aromatic rings. The maximum atomic E-state index is 11.3. The number of rotatable bonds is 4. The molecule has 0 bridgehead atoms. The topological polar surface area (TPSA) is 52.3 Å². The van der Waals surface area contributed by atoms with E-state index in [1.54, 1.807) is 0 Å². The van der Waals surface area contributed by atoms with Crippen molar-refractivity contribution in [2.24, 2.45) is 23.0 Å². The van der Waals surface area contributed by atoms with Gasteiger partial charge in [0.1, 0.15) is 0 Å². The number of ether oxygens (including phenoxy) is 1. The highest BCUT2D eigenvalue weighted by Gasteiger charge is 2.48. The van der Waals surface area contributed by atoms with Crippen LogP contribution in [0.5, 0.6) is 0 Å². The lowest BCUT2D eigenvalue weighted by atomic mass is 9.54. The highest BCUT2D eigenvalue weighted by Crippen LogP contribution is 2.52. The fourth-order valence-electron chi connectivity index (χ4n) is 2.49. The molecule has 0 aromatic heterocycles. The normalized spacial score (nSPS) is 32.3. The molecule has 0 amide bonds. The van der Waals surface area contributed by atoms with E-state index < -0.39 is 0 Å². The second kappa shape index (κ2) is 4.52. The van der Waals surface area contributed by atoms with Crippen LogP contribution in [0.15, 0.2) is 0 Å². The molecule has 1 saturated carbocycles. The van der Waals surface area contributed by atoms with Crippen molar-refractivity contribution in [3.8, 4) is 0 Å². The fourth-order valence-corrected chi connectivity index (χ4v) is 2.49. The van der Waals surface area contributed by atoms with Crippen molar-refractivity contribution in [3.63, 3.8) is 0 Å². The minimum Gasteiger partial charge on any atom is -0.469 e. The minimum atomic E-state index is -0.130. The minimum absolute atomic E-state index is 0.00201. The van der Waals surface area contributed by atoms with Crippen molar-refractivity contribution in [1.82, 2.24) is 0 Å². The van der Waals surface area contributed by atoms with Gasteiger partial charge in [-0.1, -0.05) is 13.8 Å². The largest absolute Gasteiger partial charge is 0.469 e. The molecule has 2 N–H and O–H groups in total. The van der Waals surface area contributed by atoms with Crippen LogP contribution < -0.4 is 5.73 Å². The Kier molecular flexibility index (Phi) is 3.77. The average Bonchev–Trinajstić information content (AvgIpc) is 2.08. The van der Waals surface area contributed by atoms with E-state index in [9.17, 15) is 4.79 Å². The van der Waals surface area contributed by atoms with E-state index in [0.29, 0.717) is 12.3 Å². The lowest BCUT2D eigenvalue weighted by Gasteiger charge is -2.51. The molecule has 1 rings (SSSR count). The molecular weight excluding hydrogens is 190 g/mol. The van der Waals surface area contributed by atoms with E-state index in [4.69, 9.17) is 10.5 Å². The van der Waals surface area contributed by atoms with Crippen LogP contribution in [-0.2, 0) is 9.53 Å². The third kappa shape index (κ3) is 2.51. The van der Waals surface area contributed by atoms with Crippen LogP contribution >= 0.6 is 0 Å². The van der Waals surface area contributed by atoms with Crippen molar-refractivity contribution in [2.75, 3.05) is 7.11 Å². The summed E-state index contributed by atoms with van der Waals surface area (Å²) in [5.41, 5.74) is 5.99. The van der Waals surface area contributed by atoms with Gasteiger partial charge in [-0.25, -0.2) is 0 Å².